The van der Waals surface area contributed by atoms with Gasteiger partial charge in [0.1, 0.15) is 0 Å². The molecule has 132 valence electrons. The monoisotopic (exact) mass is 382 g/mol. The van der Waals surface area contributed by atoms with Crippen molar-refractivity contribution < 1.29 is 9.18 Å². The van der Waals surface area contributed by atoms with Gasteiger partial charge in [-0.3, -0.25) is 9.69 Å². The second-order valence-electron chi connectivity index (χ2n) is 5.77. The normalized spacial score (nSPS) is 15.2. The standard InChI is InChI=1S/C17H17Cl2FN4O/c18-12-1-2-14(19)15(9-12)22-17(25)11-23-5-7-24(8-6-23)13-3-4-21-16(20)10-13/h1-4,9-10H,5-8,11H2,(H,22,25). The van der Waals surface area contributed by atoms with E-state index in [1.807, 2.05) is 4.90 Å². The molecule has 0 unspecified atom stereocenters. The zero-order valence-electron chi connectivity index (χ0n) is 13.4. The van der Waals surface area contributed by atoms with Crippen LogP contribution in [0.5, 0.6) is 0 Å². The highest BCUT2D eigenvalue weighted by Gasteiger charge is 2.20. The Bertz CT molecular complexity index is 766. The van der Waals surface area contributed by atoms with Crippen molar-refractivity contribution in [3.8, 4) is 0 Å². The van der Waals surface area contributed by atoms with Crippen LogP contribution in [-0.2, 0) is 4.79 Å². The maximum atomic E-state index is 13.2. The first-order valence-electron chi connectivity index (χ1n) is 7.85. The third-order valence-corrected chi connectivity index (χ3v) is 4.58. The van der Waals surface area contributed by atoms with Gasteiger partial charge < -0.3 is 10.2 Å². The summed E-state index contributed by atoms with van der Waals surface area (Å²) in [6.07, 6.45) is 1.46. The van der Waals surface area contributed by atoms with Crippen LogP contribution in [0.1, 0.15) is 0 Å². The Labute approximate surface area is 155 Å². The number of anilines is 2. The van der Waals surface area contributed by atoms with Crippen LogP contribution in [0.4, 0.5) is 15.8 Å². The predicted molar refractivity (Wildman–Crippen MR) is 97.9 cm³/mol. The molecule has 5 nitrogen and oxygen atoms in total. The summed E-state index contributed by atoms with van der Waals surface area (Å²) in [5.41, 5.74) is 1.31. The number of carbonyl (C=O) groups excluding carboxylic acids is 1. The lowest BCUT2D eigenvalue weighted by Crippen LogP contribution is -2.48. The van der Waals surface area contributed by atoms with Crippen LogP contribution in [0.3, 0.4) is 0 Å². The number of hydrogen-bond donors (Lipinski definition) is 1. The van der Waals surface area contributed by atoms with Gasteiger partial charge in [-0.2, -0.15) is 4.39 Å². The van der Waals surface area contributed by atoms with Gasteiger partial charge in [0.15, 0.2) is 0 Å². The Balaban J connectivity index is 1.52. The van der Waals surface area contributed by atoms with E-state index in [1.165, 1.54) is 12.3 Å². The minimum absolute atomic E-state index is 0.146. The highest BCUT2D eigenvalue weighted by Crippen LogP contribution is 2.25. The Morgan fingerprint density at radius 1 is 1.16 bits per heavy atom. The third-order valence-electron chi connectivity index (χ3n) is 4.02. The predicted octanol–water partition coefficient (Wildman–Crippen LogP) is 3.29. The number of benzene rings is 1. The molecule has 1 aliphatic heterocycles. The fourth-order valence-corrected chi connectivity index (χ4v) is 3.08. The summed E-state index contributed by atoms with van der Waals surface area (Å²) in [4.78, 5) is 19.9. The van der Waals surface area contributed by atoms with Crippen LogP contribution < -0.4 is 10.2 Å². The fourth-order valence-electron chi connectivity index (χ4n) is 2.74. The van der Waals surface area contributed by atoms with Gasteiger partial charge in [0.25, 0.3) is 0 Å². The Morgan fingerprint density at radius 2 is 1.92 bits per heavy atom. The molecule has 1 saturated heterocycles. The number of aromatic nitrogens is 1. The van der Waals surface area contributed by atoms with E-state index in [0.717, 1.165) is 5.69 Å². The summed E-state index contributed by atoms with van der Waals surface area (Å²) in [5.74, 6) is -0.634. The molecule has 0 atom stereocenters. The number of rotatable bonds is 4. The van der Waals surface area contributed by atoms with Gasteiger partial charge in [-0.25, -0.2) is 4.98 Å². The summed E-state index contributed by atoms with van der Waals surface area (Å²) >= 11 is 12.0. The van der Waals surface area contributed by atoms with Gasteiger partial charge in [0.2, 0.25) is 11.9 Å². The molecule has 0 saturated carbocycles. The molecule has 0 radical (unpaired) electrons. The quantitative estimate of drug-likeness (QED) is 0.824. The Morgan fingerprint density at radius 3 is 2.64 bits per heavy atom. The highest BCUT2D eigenvalue weighted by atomic mass is 35.5. The first kappa shape index (κ1) is 17.9. The Kier molecular flexibility index (Phi) is 5.73. The number of hydrogen-bond acceptors (Lipinski definition) is 4. The van der Waals surface area contributed by atoms with E-state index in [-0.39, 0.29) is 12.5 Å². The summed E-state index contributed by atoms with van der Waals surface area (Å²) < 4.78 is 13.2. The summed E-state index contributed by atoms with van der Waals surface area (Å²) in [7, 11) is 0. The van der Waals surface area contributed by atoms with Crippen molar-refractivity contribution in [2.45, 2.75) is 0 Å². The molecule has 1 aromatic heterocycles. The topological polar surface area (TPSA) is 48.5 Å². The lowest BCUT2D eigenvalue weighted by Gasteiger charge is -2.35. The third kappa shape index (κ3) is 4.81. The highest BCUT2D eigenvalue weighted by molar-refractivity contribution is 6.35. The minimum Gasteiger partial charge on any atom is -0.369 e. The lowest BCUT2D eigenvalue weighted by molar-refractivity contribution is -0.117. The molecule has 1 fully saturated rings. The summed E-state index contributed by atoms with van der Waals surface area (Å²) in [6.45, 7) is 3.12. The van der Waals surface area contributed by atoms with Crippen LogP contribution in [-0.4, -0.2) is 48.5 Å². The van der Waals surface area contributed by atoms with Crippen molar-refractivity contribution in [3.05, 3.63) is 52.5 Å². The molecular formula is C17H17Cl2FN4O. The van der Waals surface area contributed by atoms with E-state index in [4.69, 9.17) is 23.2 Å². The molecule has 2 heterocycles. The molecule has 8 heteroatoms. The molecule has 0 bridgehead atoms. The molecule has 0 aliphatic carbocycles. The van der Waals surface area contributed by atoms with Gasteiger partial charge in [0.05, 0.1) is 17.3 Å². The van der Waals surface area contributed by atoms with E-state index >= 15 is 0 Å². The second kappa shape index (κ2) is 7.99. The summed E-state index contributed by atoms with van der Waals surface area (Å²) in [6, 6.07) is 8.14. The number of nitrogens with one attached hydrogen (secondary N) is 1. The molecule has 25 heavy (non-hydrogen) atoms. The van der Waals surface area contributed by atoms with Crippen LogP contribution in [0.25, 0.3) is 0 Å². The first-order chi connectivity index (χ1) is 12.0. The zero-order chi connectivity index (χ0) is 17.8. The molecular weight excluding hydrogens is 366 g/mol. The van der Waals surface area contributed by atoms with Crippen molar-refractivity contribution in [2.75, 3.05) is 42.9 Å². The molecule has 2 aromatic rings. The number of carbonyl (C=O) groups is 1. The van der Waals surface area contributed by atoms with Crippen molar-refractivity contribution >= 4 is 40.5 Å². The van der Waals surface area contributed by atoms with Crippen molar-refractivity contribution in [2.24, 2.45) is 0 Å². The van der Waals surface area contributed by atoms with Crippen molar-refractivity contribution in [1.82, 2.24) is 9.88 Å². The molecule has 3 rings (SSSR count). The first-order valence-corrected chi connectivity index (χ1v) is 8.60. The van der Waals surface area contributed by atoms with Gasteiger partial charge in [-0.1, -0.05) is 23.2 Å². The van der Waals surface area contributed by atoms with Crippen LogP contribution in [0.15, 0.2) is 36.5 Å². The maximum Gasteiger partial charge on any atom is 0.238 e. The molecule has 1 aliphatic rings. The molecule has 1 aromatic carbocycles. The zero-order valence-corrected chi connectivity index (χ0v) is 14.9. The molecule has 0 spiro atoms. The SMILES string of the molecule is O=C(CN1CCN(c2ccnc(F)c2)CC1)Nc1cc(Cl)ccc1Cl. The average molecular weight is 383 g/mol. The number of nitrogens with zero attached hydrogens (tertiary/aromatic N) is 3. The van der Waals surface area contributed by atoms with Gasteiger partial charge in [0, 0.05) is 49.2 Å². The van der Waals surface area contributed by atoms with Gasteiger partial charge in [-0.05, 0) is 24.3 Å². The molecule has 1 amide bonds. The Hall–Kier alpha value is -1.89. The van der Waals surface area contributed by atoms with Gasteiger partial charge >= 0.3 is 0 Å². The van der Waals surface area contributed by atoms with Crippen LogP contribution in [0.2, 0.25) is 10.0 Å². The minimum atomic E-state index is -0.488. The fraction of sp³-hybridized carbons (Fsp3) is 0.294. The number of halogens is 3. The van der Waals surface area contributed by atoms with Gasteiger partial charge in [-0.15, -0.1) is 0 Å². The average Bonchev–Trinajstić information content (AvgIpc) is 2.59. The summed E-state index contributed by atoms with van der Waals surface area (Å²) in [5, 5.41) is 3.74. The maximum absolute atomic E-state index is 13.2. The van der Waals surface area contributed by atoms with Crippen molar-refractivity contribution in [1.29, 1.82) is 0 Å². The smallest absolute Gasteiger partial charge is 0.238 e. The van der Waals surface area contributed by atoms with Crippen LogP contribution in [0, 0.1) is 5.95 Å². The lowest BCUT2D eigenvalue weighted by atomic mass is 10.2. The van der Waals surface area contributed by atoms with Crippen molar-refractivity contribution in [3.63, 3.8) is 0 Å². The number of piperazine rings is 1. The second-order valence-corrected chi connectivity index (χ2v) is 6.62. The van der Waals surface area contributed by atoms with E-state index in [9.17, 15) is 9.18 Å². The molecule has 1 N–H and O–H groups in total. The van der Waals surface area contributed by atoms with E-state index < -0.39 is 5.95 Å². The van der Waals surface area contributed by atoms with Crippen LogP contribution >= 0.6 is 23.2 Å². The van der Waals surface area contributed by atoms with E-state index in [1.54, 1.807) is 24.3 Å². The number of amides is 1. The van der Waals surface area contributed by atoms with E-state index in [2.05, 4.69) is 15.2 Å². The largest absolute Gasteiger partial charge is 0.369 e. The number of pyridine rings is 1. The van der Waals surface area contributed by atoms with E-state index in [0.29, 0.717) is 41.9 Å².